The molecule has 2 aromatic rings. The van der Waals surface area contributed by atoms with Crippen LogP contribution in [0.3, 0.4) is 0 Å². The van der Waals surface area contributed by atoms with Crippen molar-refractivity contribution in [1.29, 1.82) is 0 Å². The number of aryl methyl sites for hydroxylation is 1. The van der Waals surface area contributed by atoms with Crippen LogP contribution in [0.1, 0.15) is 30.5 Å². The van der Waals surface area contributed by atoms with E-state index in [2.05, 4.69) is 18.3 Å². The summed E-state index contributed by atoms with van der Waals surface area (Å²) >= 11 is 5.91. The Hall–Kier alpha value is -1.84. The molecule has 1 aliphatic rings. The first-order valence-corrected chi connectivity index (χ1v) is 8.40. The van der Waals surface area contributed by atoms with Gasteiger partial charge in [-0.15, -0.1) is 0 Å². The molecule has 2 aromatic carbocycles. The van der Waals surface area contributed by atoms with Crippen molar-refractivity contribution in [2.24, 2.45) is 0 Å². The van der Waals surface area contributed by atoms with Crippen molar-refractivity contribution in [3.8, 4) is 0 Å². The number of carbonyl (C=O) groups excluding carboxylic acids is 1. The number of amides is 1. The first-order chi connectivity index (χ1) is 11.1. The molecule has 0 aliphatic carbocycles. The fraction of sp³-hybridized carbons (Fsp3) is 0.316. The molecule has 1 amide bonds. The first kappa shape index (κ1) is 16.0. The summed E-state index contributed by atoms with van der Waals surface area (Å²) in [5.74, 6) is 0.123. The third kappa shape index (κ3) is 3.74. The summed E-state index contributed by atoms with van der Waals surface area (Å²) in [6.07, 6.45) is 2.07. The van der Waals surface area contributed by atoms with E-state index in [0.29, 0.717) is 6.54 Å². The minimum Gasteiger partial charge on any atom is -0.311 e. The normalized spacial score (nSPS) is 15.1. The molecular formula is C19H21ClN2O. The van der Waals surface area contributed by atoms with E-state index in [1.54, 1.807) is 0 Å². The molecule has 0 saturated carbocycles. The molecule has 23 heavy (non-hydrogen) atoms. The van der Waals surface area contributed by atoms with Crippen LogP contribution >= 0.6 is 11.6 Å². The summed E-state index contributed by atoms with van der Waals surface area (Å²) in [5, 5.41) is 4.04. The number of halogens is 1. The van der Waals surface area contributed by atoms with Crippen molar-refractivity contribution in [3.05, 3.63) is 64.7 Å². The average molecular weight is 329 g/mol. The molecule has 0 radical (unpaired) electrons. The number of para-hydroxylation sites is 1. The summed E-state index contributed by atoms with van der Waals surface area (Å²) < 4.78 is 0. The molecule has 3 nitrogen and oxygen atoms in total. The van der Waals surface area contributed by atoms with Gasteiger partial charge in [0.1, 0.15) is 0 Å². The monoisotopic (exact) mass is 328 g/mol. The highest BCUT2D eigenvalue weighted by Gasteiger charge is 2.22. The zero-order valence-corrected chi connectivity index (χ0v) is 14.0. The van der Waals surface area contributed by atoms with Crippen molar-refractivity contribution in [2.75, 3.05) is 18.0 Å². The van der Waals surface area contributed by atoms with Crippen molar-refractivity contribution < 1.29 is 4.79 Å². The van der Waals surface area contributed by atoms with Crippen LogP contribution in [-0.4, -0.2) is 19.0 Å². The second-order valence-electron chi connectivity index (χ2n) is 5.93. The Labute approximate surface area is 142 Å². The van der Waals surface area contributed by atoms with Crippen molar-refractivity contribution in [3.63, 3.8) is 0 Å². The molecule has 0 unspecified atom stereocenters. The predicted molar refractivity (Wildman–Crippen MR) is 95.0 cm³/mol. The van der Waals surface area contributed by atoms with E-state index in [1.165, 1.54) is 5.56 Å². The molecule has 1 aliphatic heterocycles. The molecule has 3 rings (SSSR count). The van der Waals surface area contributed by atoms with Gasteiger partial charge in [-0.3, -0.25) is 4.79 Å². The maximum absolute atomic E-state index is 12.6. The molecule has 0 spiro atoms. The van der Waals surface area contributed by atoms with Gasteiger partial charge in [-0.25, -0.2) is 0 Å². The smallest absolute Gasteiger partial charge is 0.240 e. The Bertz CT molecular complexity index is 684. The van der Waals surface area contributed by atoms with Gasteiger partial charge in [-0.1, -0.05) is 41.9 Å². The van der Waals surface area contributed by atoms with E-state index >= 15 is 0 Å². The summed E-state index contributed by atoms with van der Waals surface area (Å²) in [6.45, 7) is 3.19. The second-order valence-corrected chi connectivity index (χ2v) is 6.37. The van der Waals surface area contributed by atoms with Crippen LogP contribution in [0.2, 0.25) is 5.02 Å². The number of nitrogens with zero attached hydrogens (tertiary/aromatic N) is 1. The molecule has 1 heterocycles. The Morgan fingerprint density at radius 3 is 2.74 bits per heavy atom. The minimum absolute atomic E-state index is 0.108. The lowest BCUT2D eigenvalue weighted by molar-refractivity contribution is -0.118. The van der Waals surface area contributed by atoms with Gasteiger partial charge in [0, 0.05) is 23.3 Å². The lowest BCUT2D eigenvalue weighted by atomic mass is 10.0. The summed E-state index contributed by atoms with van der Waals surface area (Å²) in [7, 11) is 0. The number of rotatable bonds is 4. The predicted octanol–water partition coefficient (Wildman–Crippen LogP) is 3.97. The summed E-state index contributed by atoms with van der Waals surface area (Å²) in [5.41, 5.74) is 3.45. The largest absolute Gasteiger partial charge is 0.311 e. The number of benzene rings is 2. The van der Waals surface area contributed by atoms with Crippen LogP contribution < -0.4 is 10.2 Å². The van der Waals surface area contributed by atoms with E-state index < -0.39 is 0 Å². The standard InChI is InChI=1S/C19H21ClN2O/c1-14(15-8-10-17(20)11-9-15)21-13-19(23)22-12-4-6-16-5-2-3-7-18(16)22/h2-3,5,7-11,14,21H,4,6,12-13H2,1H3/t14-/m0/s1. The third-order valence-corrected chi connectivity index (χ3v) is 4.59. The van der Waals surface area contributed by atoms with Gasteiger partial charge >= 0.3 is 0 Å². The van der Waals surface area contributed by atoms with Crippen LogP contribution in [-0.2, 0) is 11.2 Å². The van der Waals surface area contributed by atoms with Crippen LogP contribution in [0.5, 0.6) is 0 Å². The topological polar surface area (TPSA) is 32.3 Å². The fourth-order valence-corrected chi connectivity index (χ4v) is 3.12. The second kappa shape index (κ2) is 7.16. The van der Waals surface area contributed by atoms with E-state index in [0.717, 1.165) is 35.7 Å². The molecule has 120 valence electrons. The quantitative estimate of drug-likeness (QED) is 0.921. The molecule has 0 bridgehead atoms. The van der Waals surface area contributed by atoms with Gasteiger partial charge in [0.2, 0.25) is 5.91 Å². The van der Waals surface area contributed by atoms with Crippen molar-refractivity contribution in [2.45, 2.75) is 25.8 Å². The number of hydrogen-bond donors (Lipinski definition) is 1. The maximum atomic E-state index is 12.6. The maximum Gasteiger partial charge on any atom is 0.240 e. The summed E-state index contributed by atoms with van der Waals surface area (Å²) in [6, 6.07) is 16.0. The van der Waals surface area contributed by atoms with E-state index in [-0.39, 0.29) is 11.9 Å². The minimum atomic E-state index is 0.108. The highest BCUT2D eigenvalue weighted by atomic mass is 35.5. The number of anilines is 1. The lowest BCUT2D eigenvalue weighted by Gasteiger charge is -2.30. The number of hydrogen-bond acceptors (Lipinski definition) is 2. The molecule has 1 N–H and O–H groups in total. The Kier molecular flexibility index (Phi) is 4.99. The van der Waals surface area contributed by atoms with Crippen molar-refractivity contribution in [1.82, 2.24) is 5.32 Å². The average Bonchev–Trinajstić information content (AvgIpc) is 2.59. The summed E-state index contributed by atoms with van der Waals surface area (Å²) in [4.78, 5) is 14.5. The molecule has 4 heteroatoms. The third-order valence-electron chi connectivity index (χ3n) is 4.34. The molecular weight excluding hydrogens is 308 g/mol. The van der Waals surface area contributed by atoms with E-state index in [1.807, 2.05) is 47.4 Å². The number of carbonyl (C=O) groups is 1. The Balaban J connectivity index is 1.63. The van der Waals surface area contributed by atoms with Gasteiger partial charge in [0.15, 0.2) is 0 Å². The van der Waals surface area contributed by atoms with Gasteiger partial charge in [-0.05, 0) is 49.1 Å². The van der Waals surface area contributed by atoms with Gasteiger partial charge < -0.3 is 10.2 Å². The van der Waals surface area contributed by atoms with E-state index in [9.17, 15) is 4.79 Å². The fourth-order valence-electron chi connectivity index (χ4n) is 3.00. The highest BCUT2D eigenvalue weighted by molar-refractivity contribution is 6.30. The van der Waals surface area contributed by atoms with Gasteiger partial charge in [-0.2, -0.15) is 0 Å². The molecule has 0 saturated heterocycles. The zero-order valence-electron chi connectivity index (χ0n) is 13.3. The van der Waals surface area contributed by atoms with Crippen LogP contribution in [0.15, 0.2) is 48.5 Å². The Morgan fingerprint density at radius 1 is 1.22 bits per heavy atom. The van der Waals surface area contributed by atoms with Crippen LogP contribution in [0, 0.1) is 0 Å². The van der Waals surface area contributed by atoms with Gasteiger partial charge in [0.05, 0.1) is 6.54 Å². The van der Waals surface area contributed by atoms with Crippen molar-refractivity contribution >= 4 is 23.2 Å². The molecule has 0 aromatic heterocycles. The van der Waals surface area contributed by atoms with E-state index in [4.69, 9.17) is 11.6 Å². The van der Waals surface area contributed by atoms with Gasteiger partial charge in [0.25, 0.3) is 0 Å². The molecule has 0 fully saturated rings. The lowest BCUT2D eigenvalue weighted by Crippen LogP contribution is -2.41. The highest BCUT2D eigenvalue weighted by Crippen LogP contribution is 2.26. The number of fused-ring (bicyclic) bond motifs is 1. The van der Waals surface area contributed by atoms with Crippen LogP contribution in [0.25, 0.3) is 0 Å². The SMILES string of the molecule is C[C@H](NCC(=O)N1CCCc2ccccc21)c1ccc(Cl)cc1. The zero-order chi connectivity index (χ0) is 16.2. The number of nitrogens with one attached hydrogen (secondary N) is 1. The van der Waals surface area contributed by atoms with Crippen LogP contribution in [0.4, 0.5) is 5.69 Å². The Morgan fingerprint density at radius 2 is 1.96 bits per heavy atom. The molecule has 1 atom stereocenters. The first-order valence-electron chi connectivity index (χ1n) is 8.02.